The van der Waals surface area contributed by atoms with Gasteiger partial charge in [-0.2, -0.15) is 0 Å². The molecular formula is C28H32BrP. The van der Waals surface area contributed by atoms with Crippen LogP contribution in [0.2, 0.25) is 0 Å². The summed E-state index contributed by atoms with van der Waals surface area (Å²) >= 11 is 4.50. The Morgan fingerprint density at radius 1 is 0.767 bits per heavy atom. The molecule has 30 heavy (non-hydrogen) atoms. The molecule has 0 spiro atoms. The first-order chi connectivity index (χ1) is 14.2. The molecule has 0 atom stereocenters. The van der Waals surface area contributed by atoms with Crippen molar-refractivity contribution in [1.29, 1.82) is 0 Å². The average Bonchev–Trinajstić information content (AvgIpc) is 2.75. The molecule has 1 aliphatic carbocycles. The van der Waals surface area contributed by atoms with Crippen molar-refractivity contribution >= 4 is 42.3 Å². The van der Waals surface area contributed by atoms with Gasteiger partial charge in [-0.05, 0) is 0 Å². The van der Waals surface area contributed by atoms with E-state index in [1.165, 1.54) is 40.7 Å². The first kappa shape index (κ1) is 21.5. The quantitative estimate of drug-likeness (QED) is 0.341. The Kier molecular flexibility index (Phi) is 5.58. The molecule has 3 aromatic carbocycles. The molecule has 2 heteroatoms. The second-order valence-electron chi connectivity index (χ2n) is 9.51. The first-order valence-corrected chi connectivity index (χ1v) is 15.6. The molecule has 0 N–H and O–H groups in total. The van der Waals surface area contributed by atoms with Crippen molar-refractivity contribution in [3.8, 4) is 0 Å². The Bertz CT molecular complexity index is 1030. The topological polar surface area (TPSA) is 0 Å². The van der Waals surface area contributed by atoms with Crippen LogP contribution < -0.4 is 15.9 Å². The van der Waals surface area contributed by atoms with Crippen LogP contribution in [0.1, 0.15) is 45.6 Å². The maximum atomic E-state index is 4.50. The van der Waals surface area contributed by atoms with E-state index in [2.05, 4.69) is 128 Å². The third kappa shape index (κ3) is 3.41. The summed E-state index contributed by atoms with van der Waals surface area (Å²) in [7, 11) is 0. The second-order valence-corrected chi connectivity index (χ2v) is 19.2. The van der Waals surface area contributed by atoms with Gasteiger partial charge in [0.2, 0.25) is 0 Å². The standard InChI is InChI=1S/C28H32BrP/c1-22-14-13-21-28(2,3)27(22)25-19-11-12-20-26(25)30(4,29,23-15-7-5-8-16-23)24-17-9-6-10-18-24/h5-12,15-20H,13-14,21H2,1-4H3. The zero-order chi connectivity index (χ0) is 21.4. The van der Waals surface area contributed by atoms with E-state index in [0.717, 1.165) is 0 Å². The van der Waals surface area contributed by atoms with E-state index >= 15 is 0 Å². The minimum atomic E-state index is -2.83. The molecule has 0 bridgehead atoms. The molecule has 0 heterocycles. The van der Waals surface area contributed by atoms with E-state index < -0.39 is 5.31 Å². The van der Waals surface area contributed by atoms with E-state index in [0.29, 0.717) is 0 Å². The fraction of sp³-hybridized carbons (Fsp3) is 0.286. The average molecular weight is 479 g/mol. The van der Waals surface area contributed by atoms with Crippen LogP contribution in [-0.4, -0.2) is 6.66 Å². The molecule has 0 fully saturated rings. The number of allylic oxidation sites excluding steroid dienone is 2. The van der Waals surface area contributed by atoms with Gasteiger partial charge >= 0.3 is 190 Å². The SMILES string of the molecule is CC1=C(c2ccccc2P(C)(Br)(c2ccccc2)c2ccccc2)C(C)(C)CCC1. The number of benzene rings is 3. The Balaban J connectivity index is 2.10. The van der Waals surface area contributed by atoms with E-state index in [9.17, 15) is 0 Å². The van der Waals surface area contributed by atoms with Crippen LogP contribution in [0, 0.1) is 5.41 Å². The number of halogens is 1. The van der Waals surface area contributed by atoms with Gasteiger partial charge in [-0.3, -0.25) is 0 Å². The van der Waals surface area contributed by atoms with Gasteiger partial charge in [0.15, 0.2) is 0 Å². The van der Waals surface area contributed by atoms with Crippen molar-refractivity contribution in [3.05, 3.63) is 96.1 Å². The van der Waals surface area contributed by atoms with Gasteiger partial charge in [-0.25, -0.2) is 0 Å². The van der Waals surface area contributed by atoms with Crippen LogP contribution >= 0.6 is 20.8 Å². The summed E-state index contributed by atoms with van der Waals surface area (Å²) in [5, 5.41) is 1.34. The van der Waals surface area contributed by atoms with Crippen LogP contribution in [0.25, 0.3) is 5.57 Å². The number of rotatable bonds is 4. The maximum absolute atomic E-state index is 4.50. The predicted molar refractivity (Wildman–Crippen MR) is 140 cm³/mol. The molecule has 0 unspecified atom stereocenters. The number of hydrogen-bond donors (Lipinski definition) is 0. The van der Waals surface area contributed by atoms with E-state index in [4.69, 9.17) is 0 Å². The molecule has 3 aromatic rings. The monoisotopic (exact) mass is 478 g/mol. The molecule has 0 radical (unpaired) electrons. The van der Waals surface area contributed by atoms with Gasteiger partial charge < -0.3 is 0 Å². The third-order valence-corrected chi connectivity index (χ3v) is 15.1. The zero-order valence-corrected chi connectivity index (χ0v) is 21.0. The predicted octanol–water partition coefficient (Wildman–Crippen LogP) is 7.44. The Labute approximate surface area is 190 Å². The Morgan fingerprint density at radius 3 is 1.80 bits per heavy atom. The molecule has 0 aromatic heterocycles. The summed E-state index contributed by atoms with van der Waals surface area (Å²) in [6, 6.07) is 31.2. The van der Waals surface area contributed by atoms with E-state index in [1.54, 1.807) is 11.1 Å². The van der Waals surface area contributed by atoms with Gasteiger partial charge in [-0.1, -0.05) is 0 Å². The van der Waals surface area contributed by atoms with Gasteiger partial charge in [0.25, 0.3) is 0 Å². The van der Waals surface area contributed by atoms with Crippen LogP contribution in [0.15, 0.2) is 90.5 Å². The molecule has 0 saturated carbocycles. The van der Waals surface area contributed by atoms with Crippen LogP contribution in [0.4, 0.5) is 0 Å². The first-order valence-electron chi connectivity index (χ1n) is 10.9. The fourth-order valence-corrected chi connectivity index (χ4v) is 11.5. The summed E-state index contributed by atoms with van der Waals surface area (Å²) in [5.74, 6) is 0. The van der Waals surface area contributed by atoms with Gasteiger partial charge in [-0.15, -0.1) is 0 Å². The van der Waals surface area contributed by atoms with Gasteiger partial charge in [0.05, 0.1) is 0 Å². The van der Waals surface area contributed by atoms with Crippen molar-refractivity contribution in [2.45, 2.75) is 40.0 Å². The molecule has 0 nitrogen and oxygen atoms in total. The Morgan fingerprint density at radius 2 is 1.27 bits per heavy atom. The minimum absolute atomic E-state index is 0.184. The van der Waals surface area contributed by atoms with Crippen molar-refractivity contribution in [2.75, 3.05) is 6.66 Å². The third-order valence-electron chi connectivity index (χ3n) is 6.94. The molecule has 4 rings (SSSR count). The summed E-state index contributed by atoms with van der Waals surface area (Å²) in [4.78, 5) is 0. The summed E-state index contributed by atoms with van der Waals surface area (Å²) in [6.45, 7) is 9.65. The van der Waals surface area contributed by atoms with Crippen molar-refractivity contribution in [3.63, 3.8) is 0 Å². The molecule has 0 aliphatic heterocycles. The summed E-state index contributed by atoms with van der Waals surface area (Å²) in [6.07, 6.45) is 3.73. The van der Waals surface area contributed by atoms with Gasteiger partial charge in [0.1, 0.15) is 0 Å². The van der Waals surface area contributed by atoms with Crippen LogP contribution in [-0.2, 0) is 0 Å². The zero-order valence-electron chi connectivity index (χ0n) is 18.5. The van der Waals surface area contributed by atoms with Gasteiger partial charge in [0, 0.05) is 0 Å². The second kappa shape index (κ2) is 7.77. The molecule has 156 valence electrons. The molecule has 0 amide bonds. The van der Waals surface area contributed by atoms with Crippen LogP contribution in [0.3, 0.4) is 0 Å². The number of hydrogen-bond acceptors (Lipinski definition) is 0. The van der Waals surface area contributed by atoms with E-state index in [-0.39, 0.29) is 5.41 Å². The summed E-state index contributed by atoms with van der Waals surface area (Å²) < 4.78 is 0. The Hall–Kier alpha value is -1.69. The fourth-order valence-electron chi connectivity index (χ4n) is 5.36. The van der Waals surface area contributed by atoms with Crippen molar-refractivity contribution in [1.82, 2.24) is 0 Å². The molecule has 1 aliphatic rings. The van der Waals surface area contributed by atoms with Crippen molar-refractivity contribution in [2.24, 2.45) is 5.41 Å². The normalized spacial score (nSPS) is 18.0. The molecule has 0 saturated heterocycles. The molecular weight excluding hydrogens is 447 g/mol. The summed E-state index contributed by atoms with van der Waals surface area (Å²) in [5.41, 5.74) is 4.70. The van der Waals surface area contributed by atoms with Crippen molar-refractivity contribution < 1.29 is 0 Å². The van der Waals surface area contributed by atoms with Crippen LogP contribution in [0.5, 0.6) is 0 Å². The van der Waals surface area contributed by atoms with E-state index in [1.807, 2.05) is 0 Å².